The van der Waals surface area contributed by atoms with Gasteiger partial charge in [-0.1, -0.05) is 13.8 Å². The van der Waals surface area contributed by atoms with E-state index in [9.17, 15) is 0 Å². The van der Waals surface area contributed by atoms with Gasteiger partial charge in [0.15, 0.2) is 0 Å². The van der Waals surface area contributed by atoms with Crippen LogP contribution in [0.15, 0.2) is 0 Å². The second-order valence-corrected chi connectivity index (χ2v) is 2.82. The van der Waals surface area contributed by atoms with Crippen molar-refractivity contribution in [2.45, 2.75) is 33.4 Å². The molecule has 0 N–H and O–H groups in total. The lowest BCUT2D eigenvalue weighted by atomic mass is 10.2. The van der Waals surface area contributed by atoms with Crippen LogP contribution in [-0.2, 0) is 4.74 Å². The molecule has 0 bridgehead atoms. The van der Waals surface area contributed by atoms with Crippen molar-refractivity contribution in [3.63, 3.8) is 0 Å². The van der Waals surface area contributed by atoms with E-state index >= 15 is 0 Å². The van der Waals surface area contributed by atoms with Gasteiger partial charge in [-0.25, -0.2) is 0 Å². The molecule has 2 nitrogen and oxygen atoms in total. The molecule has 0 rings (SSSR count). The number of methoxy groups -OCH3 is 1. The molecule has 0 radical (unpaired) electrons. The number of ether oxygens (including phenoxy) is 1. The molecule has 0 aliphatic rings. The van der Waals surface area contributed by atoms with Gasteiger partial charge >= 0.3 is 0 Å². The van der Waals surface area contributed by atoms with E-state index in [0.29, 0.717) is 0 Å². The quantitative estimate of drug-likeness (QED) is 0.558. The molecule has 0 aromatic carbocycles. The molecule has 0 aromatic heterocycles. The highest BCUT2D eigenvalue weighted by molar-refractivity contribution is 4.67. The van der Waals surface area contributed by atoms with E-state index in [1.54, 1.807) is 7.11 Å². The molecule has 0 saturated heterocycles. The van der Waals surface area contributed by atoms with Crippen LogP contribution >= 0.6 is 0 Å². The van der Waals surface area contributed by atoms with Gasteiger partial charge in [0.05, 0.1) is 0 Å². The van der Waals surface area contributed by atoms with Gasteiger partial charge < -0.3 is 4.74 Å². The average molecular weight is 145 g/mol. The number of nitrogens with zero attached hydrogens (tertiary/aromatic N) is 1. The Labute approximate surface area is 64.2 Å². The van der Waals surface area contributed by atoms with Gasteiger partial charge in [-0.3, -0.25) is 4.90 Å². The fourth-order valence-corrected chi connectivity index (χ4v) is 1.11. The maximum Gasteiger partial charge on any atom is 0.115 e. The largest absolute Gasteiger partial charge is 0.364 e. The standard InChI is InChI=1S/C8H19NO/c1-6-9(7-2)8(3,4)10-5/h6-7H2,1-5H3. The zero-order valence-electron chi connectivity index (χ0n) is 7.77. The van der Waals surface area contributed by atoms with Crippen molar-refractivity contribution < 1.29 is 4.74 Å². The smallest absolute Gasteiger partial charge is 0.115 e. The second-order valence-electron chi connectivity index (χ2n) is 2.82. The van der Waals surface area contributed by atoms with Crippen LogP contribution in [0.2, 0.25) is 0 Å². The molecule has 0 saturated carbocycles. The Morgan fingerprint density at radius 1 is 1.20 bits per heavy atom. The van der Waals surface area contributed by atoms with Gasteiger partial charge in [0.1, 0.15) is 5.72 Å². The van der Waals surface area contributed by atoms with Gasteiger partial charge in [0.25, 0.3) is 0 Å². The fourth-order valence-electron chi connectivity index (χ4n) is 1.11. The molecule has 0 aliphatic carbocycles. The Kier molecular flexibility index (Phi) is 3.91. The summed E-state index contributed by atoms with van der Waals surface area (Å²) in [4.78, 5) is 2.27. The Morgan fingerprint density at radius 2 is 1.60 bits per heavy atom. The molecular weight excluding hydrogens is 126 g/mol. The highest BCUT2D eigenvalue weighted by atomic mass is 16.5. The van der Waals surface area contributed by atoms with Gasteiger partial charge in [-0.05, 0) is 26.9 Å². The molecule has 0 heterocycles. The van der Waals surface area contributed by atoms with E-state index in [0.717, 1.165) is 13.1 Å². The zero-order valence-corrected chi connectivity index (χ0v) is 7.77. The number of hydrogen-bond donors (Lipinski definition) is 0. The van der Waals surface area contributed by atoms with Crippen molar-refractivity contribution in [2.75, 3.05) is 20.2 Å². The summed E-state index contributed by atoms with van der Waals surface area (Å²) in [7, 11) is 1.75. The highest BCUT2D eigenvalue weighted by Gasteiger charge is 2.22. The summed E-state index contributed by atoms with van der Waals surface area (Å²) in [6.07, 6.45) is 0. The van der Waals surface area contributed by atoms with Crippen LogP contribution in [0.25, 0.3) is 0 Å². The lowest BCUT2D eigenvalue weighted by molar-refractivity contribution is -0.104. The van der Waals surface area contributed by atoms with Gasteiger partial charge in [-0.15, -0.1) is 0 Å². The molecule has 0 fully saturated rings. The van der Waals surface area contributed by atoms with E-state index in [2.05, 4.69) is 32.6 Å². The fraction of sp³-hybridized carbons (Fsp3) is 1.00. The summed E-state index contributed by atoms with van der Waals surface area (Å²) >= 11 is 0. The third-order valence-electron chi connectivity index (χ3n) is 2.02. The van der Waals surface area contributed by atoms with Crippen LogP contribution < -0.4 is 0 Å². The molecule has 62 valence electrons. The lowest BCUT2D eigenvalue weighted by Crippen LogP contribution is -2.45. The summed E-state index contributed by atoms with van der Waals surface area (Å²) < 4.78 is 5.31. The monoisotopic (exact) mass is 145 g/mol. The van der Waals surface area contributed by atoms with Crippen molar-refractivity contribution in [3.8, 4) is 0 Å². The van der Waals surface area contributed by atoms with E-state index in [-0.39, 0.29) is 5.72 Å². The van der Waals surface area contributed by atoms with Gasteiger partial charge in [0, 0.05) is 7.11 Å². The summed E-state index contributed by atoms with van der Waals surface area (Å²) in [5.74, 6) is 0. The molecule has 0 aliphatic heterocycles. The maximum absolute atomic E-state index is 5.31. The molecule has 2 heteroatoms. The van der Waals surface area contributed by atoms with Crippen LogP contribution in [0.3, 0.4) is 0 Å². The topological polar surface area (TPSA) is 12.5 Å². The van der Waals surface area contributed by atoms with Crippen molar-refractivity contribution in [2.24, 2.45) is 0 Å². The van der Waals surface area contributed by atoms with Crippen molar-refractivity contribution in [3.05, 3.63) is 0 Å². The molecule has 10 heavy (non-hydrogen) atoms. The first kappa shape index (κ1) is 9.92. The lowest BCUT2D eigenvalue weighted by Gasteiger charge is -2.35. The summed E-state index contributed by atoms with van der Waals surface area (Å²) in [6, 6.07) is 0. The molecular formula is C8H19NO. The molecule has 0 amide bonds. The van der Waals surface area contributed by atoms with Crippen LogP contribution in [0, 0.1) is 0 Å². The molecule has 0 atom stereocenters. The third-order valence-corrected chi connectivity index (χ3v) is 2.02. The van der Waals surface area contributed by atoms with E-state index in [4.69, 9.17) is 4.74 Å². The minimum atomic E-state index is -0.108. The van der Waals surface area contributed by atoms with Crippen molar-refractivity contribution in [1.82, 2.24) is 4.90 Å². The van der Waals surface area contributed by atoms with Crippen LogP contribution in [0.4, 0.5) is 0 Å². The normalized spacial score (nSPS) is 12.6. The SMILES string of the molecule is CCN(CC)C(C)(C)OC. The minimum Gasteiger partial charge on any atom is -0.364 e. The first-order valence-corrected chi connectivity index (χ1v) is 3.88. The van der Waals surface area contributed by atoms with Crippen LogP contribution in [0.5, 0.6) is 0 Å². The molecule has 0 unspecified atom stereocenters. The minimum absolute atomic E-state index is 0.108. The average Bonchev–Trinajstić information content (AvgIpc) is 1.90. The Morgan fingerprint density at radius 3 is 1.70 bits per heavy atom. The molecule has 0 spiro atoms. The first-order valence-electron chi connectivity index (χ1n) is 3.88. The van der Waals surface area contributed by atoms with Gasteiger partial charge in [-0.2, -0.15) is 0 Å². The predicted molar refractivity (Wildman–Crippen MR) is 44.0 cm³/mol. The Hall–Kier alpha value is -0.0800. The summed E-state index contributed by atoms with van der Waals surface area (Å²) in [6.45, 7) is 10.5. The number of rotatable bonds is 4. The van der Waals surface area contributed by atoms with E-state index in [1.807, 2.05) is 0 Å². The first-order chi connectivity index (χ1) is 4.58. The summed E-state index contributed by atoms with van der Waals surface area (Å²) in [5, 5.41) is 0. The van der Waals surface area contributed by atoms with Gasteiger partial charge in [0.2, 0.25) is 0 Å². The Bertz CT molecular complexity index is 87.3. The third kappa shape index (κ3) is 2.27. The Balaban J connectivity index is 3.97. The second kappa shape index (κ2) is 3.94. The van der Waals surface area contributed by atoms with E-state index in [1.165, 1.54) is 0 Å². The number of hydrogen-bond acceptors (Lipinski definition) is 2. The summed E-state index contributed by atoms with van der Waals surface area (Å²) in [5.41, 5.74) is -0.108. The van der Waals surface area contributed by atoms with Crippen LogP contribution in [-0.4, -0.2) is 30.8 Å². The maximum atomic E-state index is 5.31. The van der Waals surface area contributed by atoms with Crippen molar-refractivity contribution >= 4 is 0 Å². The van der Waals surface area contributed by atoms with Crippen LogP contribution in [0.1, 0.15) is 27.7 Å². The molecule has 0 aromatic rings. The highest BCUT2D eigenvalue weighted by Crippen LogP contribution is 2.13. The predicted octanol–water partition coefficient (Wildman–Crippen LogP) is 1.71. The van der Waals surface area contributed by atoms with Crippen molar-refractivity contribution in [1.29, 1.82) is 0 Å². The van der Waals surface area contributed by atoms with E-state index < -0.39 is 0 Å². The zero-order chi connectivity index (χ0) is 8.20.